The van der Waals surface area contributed by atoms with Crippen molar-refractivity contribution in [1.82, 2.24) is 0 Å². The number of aliphatic hydroxyl groups is 2. The number of carboxylic acid groups (broad SMARTS) is 1. The van der Waals surface area contributed by atoms with Gasteiger partial charge in [-0.25, -0.2) is 0 Å². The second kappa shape index (κ2) is 24.0. The fraction of sp³-hybridized carbons (Fsp3) is 0.962. The van der Waals surface area contributed by atoms with Gasteiger partial charge in [0.15, 0.2) is 0 Å². The molecule has 0 amide bonds. The highest BCUT2D eigenvalue weighted by Crippen LogP contribution is 2.15. The second-order valence-corrected chi connectivity index (χ2v) is 9.10. The molecule has 0 rings (SSSR count). The molecule has 2 atom stereocenters. The highest BCUT2D eigenvalue weighted by atomic mass is 16.5. The van der Waals surface area contributed by atoms with Crippen molar-refractivity contribution >= 4 is 5.97 Å². The van der Waals surface area contributed by atoms with Crippen LogP contribution in [0.15, 0.2) is 0 Å². The molecule has 186 valence electrons. The molecule has 0 heterocycles. The number of aliphatic carboxylic acids is 1. The molecule has 0 aromatic rings. The van der Waals surface area contributed by atoms with Crippen LogP contribution >= 0.6 is 0 Å². The van der Waals surface area contributed by atoms with Gasteiger partial charge in [-0.05, 0) is 19.3 Å². The first-order valence-corrected chi connectivity index (χ1v) is 13.2. The number of aliphatic hydroxyl groups excluding tert-OH is 2. The number of hydrogen-bond donors (Lipinski definition) is 3. The van der Waals surface area contributed by atoms with E-state index in [4.69, 9.17) is 9.84 Å². The van der Waals surface area contributed by atoms with E-state index in [0.717, 1.165) is 12.8 Å². The number of hydrogen-bond acceptors (Lipinski definition) is 4. The third kappa shape index (κ3) is 22.3. The van der Waals surface area contributed by atoms with E-state index < -0.39 is 18.2 Å². The summed E-state index contributed by atoms with van der Waals surface area (Å²) in [5, 5.41) is 28.2. The minimum absolute atomic E-state index is 0.134. The first kappa shape index (κ1) is 30.4. The summed E-state index contributed by atoms with van der Waals surface area (Å²) in [5.41, 5.74) is 0. The molecule has 0 aliphatic heterocycles. The zero-order chi connectivity index (χ0) is 23.0. The van der Waals surface area contributed by atoms with Crippen molar-refractivity contribution in [3.8, 4) is 0 Å². The molecule has 5 heteroatoms. The van der Waals surface area contributed by atoms with Gasteiger partial charge >= 0.3 is 5.97 Å². The standard InChI is InChI=1S/C26H52O5/c1-2-3-4-5-6-7-8-9-10-11-12-13-14-15-16-17-20-24(28)25(23-27)31-22-19-18-21-26(29)30/h24-25,27-28H,2-23H2,1H3,(H,29,30)/t24-,25-/m0/s1. The third-order valence-electron chi connectivity index (χ3n) is 6.08. The van der Waals surface area contributed by atoms with E-state index in [1.54, 1.807) is 0 Å². The van der Waals surface area contributed by atoms with Gasteiger partial charge in [-0.3, -0.25) is 4.79 Å². The van der Waals surface area contributed by atoms with Gasteiger partial charge in [0, 0.05) is 13.0 Å². The summed E-state index contributed by atoms with van der Waals surface area (Å²) in [6.07, 6.45) is 22.0. The van der Waals surface area contributed by atoms with Gasteiger partial charge in [0.25, 0.3) is 0 Å². The molecule has 0 unspecified atom stereocenters. The van der Waals surface area contributed by atoms with Gasteiger partial charge in [-0.1, -0.05) is 110 Å². The van der Waals surface area contributed by atoms with Crippen LogP contribution < -0.4 is 0 Å². The summed E-state index contributed by atoms with van der Waals surface area (Å²) in [5.74, 6) is -0.803. The van der Waals surface area contributed by atoms with Crippen LogP contribution in [0, 0.1) is 0 Å². The third-order valence-corrected chi connectivity index (χ3v) is 6.08. The summed E-state index contributed by atoms with van der Waals surface area (Å²) in [4.78, 5) is 10.5. The Labute approximate surface area is 192 Å². The average Bonchev–Trinajstić information content (AvgIpc) is 2.75. The van der Waals surface area contributed by atoms with Crippen LogP contribution in [0.25, 0.3) is 0 Å². The first-order chi connectivity index (χ1) is 15.1. The van der Waals surface area contributed by atoms with Crippen LogP contribution in [0.2, 0.25) is 0 Å². The number of rotatable bonds is 25. The quantitative estimate of drug-likeness (QED) is 0.138. The zero-order valence-corrected chi connectivity index (χ0v) is 20.4. The highest BCUT2D eigenvalue weighted by Gasteiger charge is 2.18. The van der Waals surface area contributed by atoms with Crippen LogP contribution in [0.4, 0.5) is 0 Å². The van der Waals surface area contributed by atoms with Crippen LogP contribution in [-0.4, -0.2) is 46.7 Å². The lowest BCUT2D eigenvalue weighted by atomic mass is 10.0. The van der Waals surface area contributed by atoms with Crippen LogP contribution in [0.3, 0.4) is 0 Å². The normalized spacial score (nSPS) is 13.4. The summed E-state index contributed by atoms with van der Waals surface area (Å²) < 4.78 is 5.52. The van der Waals surface area contributed by atoms with E-state index in [2.05, 4.69) is 6.92 Å². The Morgan fingerprint density at radius 1 is 0.710 bits per heavy atom. The molecule has 0 radical (unpaired) electrons. The molecular weight excluding hydrogens is 392 g/mol. The summed E-state index contributed by atoms with van der Waals surface area (Å²) in [6, 6.07) is 0. The van der Waals surface area contributed by atoms with Crippen molar-refractivity contribution in [3.63, 3.8) is 0 Å². The van der Waals surface area contributed by atoms with E-state index in [1.165, 1.54) is 89.9 Å². The Hall–Kier alpha value is -0.650. The maximum Gasteiger partial charge on any atom is 0.303 e. The van der Waals surface area contributed by atoms with Crippen LogP contribution in [-0.2, 0) is 9.53 Å². The molecule has 0 aliphatic rings. The fourth-order valence-corrected chi connectivity index (χ4v) is 3.99. The lowest BCUT2D eigenvalue weighted by molar-refractivity contribution is -0.137. The van der Waals surface area contributed by atoms with Gasteiger partial charge in [0.05, 0.1) is 12.7 Å². The van der Waals surface area contributed by atoms with Crippen molar-refractivity contribution in [3.05, 3.63) is 0 Å². The fourth-order valence-electron chi connectivity index (χ4n) is 3.99. The molecule has 5 nitrogen and oxygen atoms in total. The second-order valence-electron chi connectivity index (χ2n) is 9.10. The van der Waals surface area contributed by atoms with E-state index >= 15 is 0 Å². The molecule has 0 bridgehead atoms. The number of ether oxygens (including phenoxy) is 1. The number of carbonyl (C=O) groups is 1. The molecule has 0 aromatic heterocycles. The molecule has 0 aliphatic carbocycles. The van der Waals surface area contributed by atoms with Crippen LogP contribution in [0.5, 0.6) is 0 Å². The molecule has 3 N–H and O–H groups in total. The summed E-state index contributed by atoms with van der Waals surface area (Å²) >= 11 is 0. The SMILES string of the molecule is CCCCCCCCCCCCCCCCCC[C@H](O)[C@H](CO)OCCCCC(=O)O. The van der Waals surface area contributed by atoms with Gasteiger partial charge in [-0.15, -0.1) is 0 Å². The minimum Gasteiger partial charge on any atom is -0.481 e. The molecule has 0 aromatic carbocycles. The van der Waals surface area contributed by atoms with Crippen molar-refractivity contribution in [1.29, 1.82) is 0 Å². The predicted molar refractivity (Wildman–Crippen MR) is 128 cm³/mol. The topological polar surface area (TPSA) is 87.0 Å². The lowest BCUT2D eigenvalue weighted by Gasteiger charge is -2.21. The van der Waals surface area contributed by atoms with Gasteiger partial charge in [0.1, 0.15) is 6.10 Å². The maximum atomic E-state index is 10.5. The Bertz CT molecular complexity index is 375. The zero-order valence-electron chi connectivity index (χ0n) is 20.4. The molecule has 0 spiro atoms. The van der Waals surface area contributed by atoms with Crippen molar-refractivity contribution in [2.75, 3.05) is 13.2 Å². The maximum absolute atomic E-state index is 10.5. The van der Waals surface area contributed by atoms with Gasteiger partial charge in [-0.2, -0.15) is 0 Å². The van der Waals surface area contributed by atoms with Crippen molar-refractivity contribution in [2.24, 2.45) is 0 Å². The Balaban J connectivity index is 3.38. The number of carboxylic acids is 1. The first-order valence-electron chi connectivity index (χ1n) is 13.2. The predicted octanol–water partition coefficient (Wildman–Crippen LogP) is 6.63. The van der Waals surface area contributed by atoms with Crippen molar-refractivity contribution in [2.45, 2.75) is 148 Å². The van der Waals surface area contributed by atoms with E-state index in [-0.39, 0.29) is 13.0 Å². The monoisotopic (exact) mass is 444 g/mol. The van der Waals surface area contributed by atoms with Crippen molar-refractivity contribution < 1.29 is 24.9 Å². The van der Waals surface area contributed by atoms with Crippen LogP contribution in [0.1, 0.15) is 135 Å². The number of unbranched alkanes of at least 4 members (excludes halogenated alkanes) is 16. The average molecular weight is 445 g/mol. The largest absolute Gasteiger partial charge is 0.481 e. The molecule has 0 saturated carbocycles. The van der Waals surface area contributed by atoms with Gasteiger partial charge < -0.3 is 20.1 Å². The summed E-state index contributed by atoms with van der Waals surface area (Å²) in [6.45, 7) is 2.46. The minimum atomic E-state index is -0.803. The summed E-state index contributed by atoms with van der Waals surface area (Å²) in [7, 11) is 0. The molecule has 0 fully saturated rings. The Morgan fingerprint density at radius 3 is 1.58 bits per heavy atom. The van der Waals surface area contributed by atoms with Gasteiger partial charge in [0.2, 0.25) is 0 Å². The van der Waals surface area contributed by atoms with E-state index in [9.17, 15) is 15.0 Å². The molecule has 31 heavy (non-hydrogen) atoms. The molecular formula is C26H52O5. The Morgan fingerprint density at radius 2 is 1.16 bits per heavy atom. The smallest absolute Gasteiger partial charge is 0.303 e. The van der Waals surface area contributed by atoms with E-state index in [1.807, 2.05) is 0 Å². The molecule has 0 saturated heterocycles. The Kier molecular flexibility index (Phi) is 23.5. The highest BCUT2D eigenvalue weighted by molar-refractivity contribution is 5.66. The lowest BCUT2D eigenvalue weighted by Crippen LogP contribution is -2.32. The van der Waals surface area contributed by atoms with E-state index in [0.29, 0.717) is 25.9 Å².